The molecule has 2 aromatic rings. The van der Waals surface area contributed by atoms with Gasteiger partial charge in [-0.3, -0.25) is 5.10 Å². The van der Waals surface area contributed by atoms with E-state index in [1.165, 1.54) is 6.07 Å². The van der Waals surface area contributed by atoms with Crippen molar-refractivity contribution < 1.29 is 10.2 Å². The Hall–Kier alpha value is -1.69. The van der Waals surface area contributed by atoms with E-state index in [1.54, 1.807) is 6.07 Å². The molecule has 0 bridgehead atoms. The third-order valence-electron chi connectivity index (χ3n) is 2.28. The largest absolute Gasteiger partial charge is 0.504 e. The molecule has 5 nitrogen and oxygen atoms in total. The van der Waals surface area contributed by atoms with Crippen LogP contribution >= 0.6 is 15.9 Å². The Bertz CT molecular complexity index is 551. The molecule has 5 N–H and O–H groups in total. The van der Waals surface area contributed by atoms with Crippen molar-refractivity contribution in [3.63, 3.8) is 0 Å². The number of H-pyrrole nitrogens is 1. The number of aromatic hydroxyl groups is 2. The van der Waals surface area contributed by atoms with Crippen molar-refractivity contribution in [2.24, 2.45) is 0 Å². The SMILES string of the molecule is Cc1cc(O)c(O)c(Br)c1-c1cc(N)n[nH]1. The van der Waals surface area contributed by atoms with E-state index in [-0.39, 0.29) is 11.5 Å². The topological polar surface area (TPSA) is 95.2 Å². The lowest BCUT2D eigenvalue weighted by atomic mass is 10.0. The molecule has 2 rings (SSSR count). The first-order valence-corrected chi connectivity index (χ1v) is 5.32. The molecule has 0 saturated carbocycles. The molecule has 1 aromatic heterocycles. The number of aromatic nitrogens is 2. The molecule has 0 unspecified atom stereocenters. The summed E-state index contributed by atoms with van der Waals surface area (Å²) < 4.78 is 0.411. The molecule has 0 radical (unpaired) electrons. The van der Waals surface area contributed by atoms with Crippen LogP contribution < -0.4 is 5.73 Å². The number of aromatic amines is 1. The smallest absolute Gasteiger partial charge is 0.172 e. The number of phenolic OH excluding ortho intramolecular Hbond substituents is 2. The summed E-state index contributed by atoms with van der Waals surface area (Å²) in [5, 5.41) is 25.6. The van der Waals surface area contributed by atoms with Crippen LogP contribution in [0.2, 0.25) is 0 Å². The number of hydrogen-bond acceptors (Lipinski definition) is 4. The highest BCUT2D eigenvalue weighted by Gasteiger charge is 2.16. The van der Waals surface area contributed by atoms with Crippen LogP contribution in [0.1, 0.15) is 5.56 Å². The number of aryl methyl sites for hydroxylation is 1. The number of nitrogens with two attached hydrogens (primary N) is 1. The van der Waals surface area contributed by atoms with E-state index in [0.29, 0.717) is 16.0 Å². The molecule has 0 atom stereocenters. The van der Waals surface area contributed by atoms with Gasteiger partial charge in [-0.05, 0) is 34.5 Å². The Labute approximate surface area is 100 Å². The molecular formula is C10H10BrN3O2. The Morgan fingerprint density at radius 1 is 1.38 bits per heavy atom. The Morgan fingerprint density at radius 2 is 2.06 bits per heavy atom. The molecule has 0 fully saturated rings. The first-order valence-electron chi connectivity index (χ1n) is 4.53. The molecule has 6 heteroatoms. The number of hydrogen-bond donors (Lipinski definition) is 4. The number of nitrogen functional groups attached to an aromatic ring is 1. The van der Waals surface area contributed by atoms with Crippen LogP contribution in [-0.2, 0) is 0 Å². The van der Waals surface area contributed by atoms with Crippen LogP contribution in [0.25, 0.3) is 11.3 Å². The minimum atomic E-state index is -0.200. The van der Waals surface area contributed by atoms with Gasteiger partial charge in [0.15, 0.2) is 11.5 Å². The summed E-state index contributed by atoms with van der Waals surface area (Å²) in [7, 11) is 0. The predicted molar refractivity (Wildman–Crippen MR) is 64.2 cm³/mol. The maximum atomic E-state index is 9.62. The lowest BCUT2D eigenvalue weighted by molar-refractivity contribution is 0.401. The molecular weight excluding hydrogens is 274 g/mol. The summed E-state index contributed by atoms with van der Waals surface area (Å²) in [4.78, 5) is 0. The fourth-order valence-corrected chi connectivity index (χ4v) is 2.27. The van der Waals surface area contributed by atoms with E-state index >= 15 is 0 Å². The monoisotopic (exact) mass is 283 g/mol. The second kappa shape index (κ2) is 3.71. The summed E-state index contributed by atoms with van der Waals surface area (Å²) in [6.07, 6.45) is 0. The minimum Gasteiger partial charge on any atom is -0.504 e. The summed E-state index contributed by atoms with van der Waals surface area (Å²) in [6, 6.07) is 3.13. The number of benzene rings is 1. The highest BCUT2D eigenvalue weighted by molar-refractivity contribution is 9.10. The summed E-state index contributed by atoms with van der Waals surface area (Å²) >= 11 is 3.23. The van der Waals surface area contributed by atoms with Gasteiger partial charge in [-0.25, -0.2) is 0 Å². The van der Waals surface area contributed by atoms with Crippen LogP contribution in [0.15, 0.2) is 16.6 Å². The standard InChI is InChI=1S/C10H10BrN3O2/c1-4-2-6(15)10(16)9(11)8(4)5-3-7(12)14-13-5/h2-3,15-16H,1H3,(H3,12,13,14). The van der Waals surface area contributed by atoms with Crippen LogP contribution in [0.4, 0.5) is 5.82 Å². The number of nitrogens with one attached hydrogen (secondary N) is 1. The number of halogens is 1. The average Bonchev–Trinajstić information content (AvgIpc) is 2.61. The zero-order valence-corrected chi connectivity index (χ0v) is 10.0. The van der Waals surface area contributed by atoms with Gasteiger partial charge in [0.25, 0.3) is 0 Å². The van der Waals surface area contributed by atoms with Crippen molar-refractivity contribution in [2.75, 3.05) is 5.73 Å². The minimum absolute atomic E-state index is 0.166. The Balaban J connectivity index is 2.70. The van der Waals surface area contributed by atoms with Gasteiger partial charge >= 0.3 is 0 Å². The molecule has 0 aliphatic heterocycles. The van der Waals surface area contributed by atoms with Crippen molar-refractivity contribution in [1.29, 1.82) is 0 Å². The van der Waals surface area contributed by atoms with Crippen LogP contribution in [0.3, 0.4) is 0 Å². The highest BCUT2D eigenvalue weighted by atomic mass is 79.9. The molecule has 1 heterocycles. The fraction of sp³-hybridized carbons (Fsp3) is 0.100. The first-order chi connectivity index (χ1) is 7.50. The highest BCUT2D eigenvalue weighted by Crippen LogP contribution is 2.42. The zero-order valence-electron chi connectivity index (χ0n) is 8.45. The van der Waals surface area contributed by atoms with Crippen LogP contribution in [0.5, 0.6) is 11.5 Å². The maximum absolute atomic E-state index is 9.62. The number of rotatable bonds is 1. The van der Waals surface area contributed by atoms with Gasteiger partial charge in [0.05, 0.1) is 10.2 Å². The Morgan fingerprint density at radius 3 is 2.62 bits per heavy atom. The Kier molecular flexibility index (Phi) is 2.51. The van der Waals surface area contributed by atoms with Gasteiger partial charge in [0, 0.05) is 11.6 Å². The molecule has 1 aromatic carbocycles. The first kappa shape index (κ1) is 10.8. The fourth-order valence-electron chi connectivity index (χ4n) is 1.55. The molecule has 16 heavy (non-hydrogen) atoms. The van der Waals surface area contributed by atoms with Crippen molar-refractivity contribution in [3.8, 4) is 22.8 Å². The summed E-state index contributed by atoms with van der Waals surface area (Å²) in [5.74, 6) is 0.00301. The zero-order chi connectivity index (χ0) is 11.9. The quantitative estimate of drug-likeness (QED) is 0.603. The van der Waals surface area contributed by atoms with Crippen molar-refractivity contribution in [2.45, 2.75) is 6.92 Å². The lowest BCUT2D eigenvalue weighted by Gasteiger charge is -2.09. The number of nitrogens with zero attached hydrogens (tertiary/aromatic N) is 1. The van der Waals surface area contributed by atoms with Gasteiger partial charge in [0.2, 0.25) is 0 Å². The maximum Gasteiger partial charge on any atom is 0.172 e. The van der Waals surface area contributed by atoms with E-state index in [4.69, 9.17) is 5.73 Å². The van der Waals surface area contributed by atoms with Gasteiger partial charge in [-0.1, -0.05) is 0 Å². The molecule has 0 aliphatic rings. The van der Waals surface area contributed by atoms with E-state index in [2.05, 4.69) is 26.1 Å². The summed E-state index contributed by atoms with van der Waals surface area (Å²) in [6.45, 7) is 1.82. The van der Waals surface area contributed by atoms with Gasteiger partial charge in [-0.2, -0.15) is 5.10 Å². The van der Waals surface area contributed by atoms with Crippen LogP contribution in [-0.4, -0.2) is 20.4 Å². The van der Waals surface area contributed by atoms with E-state index < -0.39 is 0 Å². The summed E-state index contributed by atoms with van der Waals surface area (Å²) in [5.41, 5.74) is 7.71. The van der Waals surface area contributed by atoms with Gasteiger partial charge in [-0.15, -0.1) is 0 Å². The van der Waals surface area contributed by atoms with E-state index in [9.17, 15) is 10.2 Å². The normalized spacial score (nSPS) is 10.6. The van der Waals surface area contributed by atoms with Crippen LogP contribution in [0, 0.1) is 6.92 Å². The lowest BCUT2D eigenvalue weighted by Crippen LogP contribution is -1.87. The third-order valence-corrected chi connectivity index (χ3v) is 3.06. The second-order valence-electron chi connectivity index (χ2n) is 3.46. The van der Waals surface area contributed by atoms with Gasteiger partial charge in [0.1, 0.15) is 5.82 Å². The van der Waals surface area contributed by atoms with E-state index in [1.807, 2.05) is 6.92 Å². The molecule has 0 aliphatic carbocycles. The van der Waals surface area contributed by atoms with Crippen molar-refractivity contribution >= 4 is 21.7 Å². The predicted octanol–water partition coefficient (Wildman–Crippen LogP) is 2.14. The molecule has 84 valence electrons. The molecule has 0 saturated heterocycles. The van der Waals surface area contributed by atoms with Crippen molar-refractivity contribution in [1.82, 2.24) is 10.2 Å². The molecule has 0 amide bonds. The number of anilines is 1. The average molecular weight is 284 g/mol. The van der Waals surface area contributed by atoms with Gasteiger partial charge < -0.3 is 15.9 Å². The third kappa shape index (κ3) is 1.61. The second-order valence-corrected chi connectivity index (χ2v) is 4.25. The molecule has 0 spiro atoms. The van der Waals surface area contributed by atoms with Crippen molar-refractivity contribution in [3.05, 3.63) is 22.2 Å². The van der Waals surface area contributed by atoms with E-state index in [0.717, 1.165) is 11.1 Å². The number of phenols is 2.